The van der Waals surface area contributed by atoms with Crippen molar-refractivity contribution < 1.29 is 9.53 Å². The van der Waals surface area contributed by atoms with Crippen LogP contribution in [0.1, 0.15) is 28.5 Å². The maximum Gasteiger partial charge on any atom is 0.338 e. The minimum absolute atomic E-state index is 0.243. The number of nitrogens with zero attached hydrogens (tertiary/aromatic N) is 1. The summed E-state index contributed by atoms with van der Waals surface area (Å²) in [7, 11) is 0. The van der Waals surface area contributed by atoms with Gasteiger partial charge in [0.05, 0.1) is 11.6 Å². The number of H-pyrrole nitrogens is 1. The van der Waals surface area contributed by atoms with Crippen molar-refractivity contribution in [3.8, 4) is 0 Å². The highest BCUT2D eigenvalue weighted by Crippen LogP contribution is 2.25. The monoisotopic (exact) mass is 312 g/mol. The van der Waals surface area contributed by atoms with Crippen molar-refractivity contribution in [3.63, 3.8) is 0 Å². The Morgan fingerprint density at radius 2 is 1.96 bits per heavy atom. The van der Waals surface area contributed by atoms with E-state index in [4.69, 9.17) is 4.74 Å². The molecule has 0 radical (unpaired) electrons. The van der Waals surface area contributed by atoms with Gasteiger partial charge in [0, 0.05) is 18.2 Å². The van der Waals surface area contributed by atoms with Gasteiger partial charge in [-0.2, -0.15) is 0 Å². The number of hydrogen-bond acceptors (Lipinski definition) is 4. The van der Waals surface area contributed by atoms with Gasteiger partial charge in [0.1, 0.15) is 6.10 Å². The Kier molecular flexibility index (Phi) is 3.97. The van der Waals surface area contributed by atoms with E-state index in [-0.39, 0.29) is 6.04 Å². The summed E-state index contributed by atoms with van der Waals surface area (Å²) < 4.78 is 6.93. The Hall–Kier alpha value is -2.89. The lowest BCUT2D eigenvalue weighted by atomic mass is 10.2. The summed E-state index contributed by atoms with van der Waals surface area (Å²) in [6.45, 7) is 1.70. The van der Waals surface area contributed by atoms with E-state index in [1.807, 2.05) is 12.1 Å². The quantitative estimate of drug-likeness (QED) is 0.689. The van der Waals surface area contributed by atoms with Crippen LogP contribution >= 0.6 is 0 Å². The summed E-state index contributed by atoms with van der Waals surface area (Å²) >= 11 is 0. The van der Waals surface area contributed by atoms with E-state index in [0.29, 0.717) is 17.7 Å². The highest BCUT2D eigenvalue weighted by atomic mass is 16.5. The molecule has 6 nitrogen and oxygen atoms in total. The topological polar surface area (TPSA) is 81.2 Å². The van der Waals surface area contributed by atoms with Crippen molar-refractivity contribution in [2.24, 2.45) is 0 Å². The summed E-state index contributed by atoms with van der Waals surface area (Å²) in [4.78, 5) is 37.6. The van der Waals surface area contributed by atoms with Crippen LogP contribution in [0.5, 0.6) is 0 Å². The Balaban J connectivity index is 1.73. The number of nitrogens with one attached hydrogen (secondary N) is 1. The van der Waals surface area contributed by atoms with E-state index in [1.165, 1.54) is 10.6 Å². The molecule has 0 fully saturated rings. The second kappa shape index (κ2) is 6.08. The molecular formula is C17H16N2O4. The van der Waals surface area contributed by atoms with E-state index in [1.54, 1.807) is 37.3 Å². The average Bonchev–Trinajstić information content (AvgIpc) is 2.95. The van der Waals surface area contributed by atoms with Gasteiger partial charge in [-0.25, -0.2) is 9.59 Å². The van der Waals surface area contributed by atoms with Gasteiger partial charge < -0.3 is 4.74 Å². The number of allylic oxidation sites excluding steroid dienone is 1. The zero-order valence-electron chi connectivity index (χ0n) is 12.6. The standard InChI is InChI=1S/C17H16N2O4/c1-11-9-15(20)18-17(22)19(11)13-7-8-14(10-13)23-16(21)12-5-3-2-4-6-12/h2-9,13-14H,10H2,1H3,(H,18,20,22). The Morgan fingerprint density at radius 1 is 1.22 bits per heavy atom. The summed E-state index contributed by atoms with van der Waals surface area (Å²) in [5.74, 6) is -0.397. The highest BCUT2D eigenvalue weighted by Gasteiger charge is 2.25. The normalized spacial score (nSPS) is 19.7. The van der Waals surface area contributed by atoms with Gasteiger partial charge >= 0.3 is 11.7 Å². The fourth-order valence-electron chi connectivity index (χ4n) is 2.74. The van der Waals surface area contributed by atoms with E-state index in [9.17, 15) is 14.4 Å². The first-order valence-electron chi connectivity index (χ1n) is 7.31. The molecule has 2 atom stereocenters. The van der Waals surface area contributed by atoms with Crippen LogP contribution in [0.2, 0.25) is 0 Å². The molecule has 23 heavy (non-hydrogen) atoms. The largest absolute Gasteiger partial charge is 0.454 e. The molecule has 3 rings (SSSR count). The molecular weight excluding hydrogens is 296 g/mol. The van der Waals surface area contributed by atoms with Crippen molar-refractivity contribution >= 4 is 5.97 Å². The third-order valence-corrected chi connectivity index (χ3v) is 3.79. The average molecular weight is 312 g/mol. The predicted octanol–water partition coefficient (Wildman–Crippen LogP) is 1.57. The van der Waals surface area contributed by atoms with Crippen LogP contribution < -0.4 is 11.2 Å². The minimum Gasteiger partial charge on any atom is -0.454 e. The molecule has 118 valence electrons. The maximum absolute atomic E-state index is 12.1. The van der Waals surface area contributed by atoms with Crippen LogP contribution in [0.15, 0.2) is 58.1 Å². The van der Waals surface area contributed by atoms with Crippen molar-refractivity contribution in [2.45, 2.75) is 25.5 Å². The number of aromatic amines is 1. The summed E-state index contributed by atoms with van der Waals surface area (Å²) in [5.41, 5.74) is 0.183. The van der Waals surface area contributed by atoms with E-state index in [0.717, 1.165) is 0 Å². The lowest BCUT2D eigenvalue weighted by Gasteiger charge is -2.17. The molecule has 6 heteroatoms. The Morgan fingerprint density at radius 3 is 2.65 bits per heavy atom. The molecule has 1 N–H and O–H groups in total. The third kappa shape index (κ3) is 3.15. The smallest absolute Gasteiger partial charge is 0.338 e. The molecule has 1 aliphatic carbocycles. The Bertz CT molecular complexity index is 864. The maximum atomic E-state index is 12.1. The van der Waals surface area contributed by atoms with Gasteiger partial charge in [-0.3, -0.25) is 14.3 Å². The number of benzene rings is 1. The second-order valence-electron chi connectivity index (χ2n) is 5.45. The number of ether oxygens (including phenoxy) is 1. The van der Waals surface area contributed by atoms with Crippen LogP contribution in [0, 0.1) is 6.92 Å². The number of aryl methyl sites for hydroxylation is 1. The number of aromatic nitrogens is 2. The third-order valence-electron chi connectivity index (χ3n) is 3.79. The number of esters is 1. The van der Waals surface area contributed by atoms with Crippen LogP contribution in [-0.4, -0.2) is 21.6 Å². The highest BCUT2D eigenvalue weighted by molar-refractivity contribution is 5.89. The zero-order chi connectivity index (χ0) is 16.4. The van der Waals surface area contributed by atoms with Crippen molar-refractivity contribution in [1.29, 1.82) is 0 Å². The fraction of sp³-hybridized carbons (Fsp3) is 0.235. The predicted molar refractivity (Wildman–Crippen MR) is 84.5 cm³/mol. The van der Waals surface area contributed by atoms with Crippen LogP contribution in [0.25, 0.3) is 0 Å². The fourth-order valence-corrected chi connectivity index (χ4v) is 2.74. The first-order valence-corrected chi connectivity index (χ1v) is 7.31. The number of carbonyl (C=O) groups excluding carboxylic acids is 1. The number of rotatable bonds is 3. The van der Waals surface area contributed by atoms with Crippen LogP contribution in [0.3, 0.4) is 0 Å². The van der Waals surface area contributed by atoms with Gasteiger partial charge in [0.25, 0.3) is 5.56 Å². The SMILES string of the molecule is Cc1cc(=O)[nH]c(=O)n1C1C=CC(OC(=O)c2ccccc2)C1. The lowest BCUT2D eigenvalue weighted by molar-refractivity contribution is 0.0382. The molecule has 0 aliphatic heterocycles. The van der Waals surface area contributed by atoms with E-state index >= 15 is 0 Å². The molecule has 0 saturated carbocycles. The minimum atomic E-state index is -0.459. The van der Waals surface area contributed by atoms with Gasteiger partial charge in [-0.05, 0) is 25.1 Å². The van der Waals surface area contributed by atoms with Crippen molar-refractivity contribution in [1.82, 2.24) is 9.55 Å². The number of hydrogen-bond donors (Lipinski definition) is 1. The number of carbonyl (C=O) groups is 1. The van der Waals surface area contributed by atoms with Crippen LogP contribution in [0.4, 0.5) is 0 Å². The van der Waals surface area contributed by atoms with Gasteiger partial charge in [0.2, 0.25) is 0 Å². The first-order chi connectivity index (χ1) is 11.0. The van der Waals surface area contributed by atoms with Gasteiger partial charge in [-0.1, -0.05) is 24.3 Å². The molecule has 0 bridgehead atoms. The molecule has 2 aromatic rings. The molecule has 1 heterocycles. The molecule has 1 aliphatic rings. The molecule has 0 saturated heterocycles. The second-order valence-corrected chi connectivity index (χ2v) is 5.45. The van der Waals surface area contributed by atoms with E-state index < -0.39 is 23.3 Å². The molecule has 0 spiro atoms. The molecule has 0 amide bonds. The molecule has 1 aromatic heterocycles. The summed E-state index contributed by atoms with van der Waals surface area (Å²) in [5, 5.41) is 0. The summed E-state index contributed by atoms with van der Waals surface area (Å²) in [6.07, 6.45) is 3.65. The zero-order valence-corrected chi connectivity index (χ0v) is 12.6. The van der Waals surface area contributed by atoms with Gasteiger partial charge in [0.15, 0.2) is 0 Å². The first kappa shape index (κ1) is 15.0. The van der Waals surface area contributed by atoms with Crippen molar-refractivity contribution in [3.05, 3.63) is 80.6 Å². The van der Waals surface area contributed by atoms with Crippen LogP contribution in [-0.2, 0) is 4.74 Å². The molecule has 2 unspecified atom stereocenters. The van der Waals surface area contributed by atoms with E-state index in [2.05, 4.69) is 4.98 Å². The lowest BCUT2D eigenvalue weighted by Crippen LogP contribution is -2.33. The van der Waals surface area contributed by atoms with Crippen molar-refractivity contribution in [2.75, 3.05) is 0 Å². The summed E-state index contributed by atoms with van der Waals surface area (Å²) in [6, 6.07) is 9.88. The molecule has 1 aromatic carbocycles. The van der Waals surface area contributed by atoms with Gasteiger partial charge in [-0.15, -0.1) is 0 Å². The Labute approximate surface area is 132 Å².